The monoisotopic (exact) mass is 677 g/mol. The number of amides is 5. The van der Waals surface area contributed by atoms with Crippen LogP contribution in [0.3, 0.4) is 0 Å². The average molecular weight is 678 g/mol. The lowest BCUT2D eigenvalue weighted by atomic mass is 9.99. The van der Waals surface area contributed by atoms with Crippen molar-refractivity contribution in [2.24, 2.45) is 0 Å². The lowest BCUT2D eigenvalue weighted by Crippen LogP contribution is -2.65. The molecule has 0 spiro atoms. The minimum atomic E-state index is -0.803. The molecule has 0 radical (unpaired) electrons. The molecule has 50 heavy (non-hydrogen) atoms. The largest absolute Gasteiger partial charge is 0.412 e. The number of hydrazine groups is 1. The highest BCUT2D eigenvalue weighted by atomic mass is 16.6. The first kappa shape index (κ1) is 34.4. The molecule has 2 N–H and O–H groups in total. The fraction of sp³-hybridized carbons (Fsp3) is 0.316. The lowest BCUT2D eigenvalue weighted by molar-refractivity contribution is -0.157. The molecule has 5 amide bonds. The zero-order valence-corrected chi connectivity index (χ0v) is 28.6. The maximum Gasteiger partial charge on any atom is 0.412 e. The van der Waals surface area contributed by atoms with Crippen LogP contribution < -0.4 is 15.4 Å². The average Bonchev–Trinajstić information content (AvgIpc) is 3.45. The van der Waals surface area contributed by atoms with E-state index in [0.29, 0.717) is 31.9 Å². The Balaban J connectivity index is 1.22. The van der Waals surface area contributed by atoms with E-state index in [1.807, 2.05) is 91.8 Å². The van der Waals surface area contributed by atoms with E-state index in [1.54, 1.807) is 46.1 Å². The van der Waals surface area contributed by atoms with Gasteiger partial charge in [-0.25, -0.2) is 9.59 Å². The molecule has 2 aliphatic rings. The Kier molecular flexibility index (Phi) is 10.6. The third-order valence-corrected chi connectivity index (χ3v) is 9.16. The normalized spacial score (nSPS) is 17.6. The van der Waals surface area contributed by atoms with Gasteiger partial charge in [-0.15, -0.1) is 0 Å². The molecule has 2 saturated heterocycles. The van der Waals surface area contributed by atoms with Crippen LogP contribution in [-0.2, 0) is 29.1 Å². The molecule has 0 aliphatic carbocycles. The molecule has 2 heterocycles. The summed E-state index contributed by atoms with van der Waals surface area (Å²) in [4.78, 5) is 59.0. The summed E-state index contributed by atoms with van der Waals surface area (Å²) in [7, 11) is 5.49. The third-order valence-electron chi connectivity index (χ3n) is 9.16. The number of carbonyl (C=O) groups excluding carboxylic acids is 4. The smallest absolute Gasteiger partial charge is 0.410 e. The fourth-order valence-corrected chi connectivity index (χ4v) is 6.53. The van der Waals surface area contributed by atoms with Crippen LogP contribution >= 0.6 is 0 Å². The summed E-state index contributed by atoms with van der Waals surface area (Å²) in [6.45, 7) is 2.02. The van der Waals surface area contributed by atoms with Crippen molar-refractivity contribution >= 4 is 34.7 Å². The van der Waals surface area contributed by atoms with Gasteiger partial charge in [0.05, 0.1) is 13.1 Å². The van der Waals surface area contributed by atoms with Gasteiger partial charge in [0.25, 0.3) is 0 Å². The predicted molar refractivity (Wildman–Crippen MR) is 190 cm³/mol. The van der Waals surface area contributed by atoms with Crippen LogP contribution in [0.1, 0.15) is 16.7 Å². The Morgan fingerprint density at radius 2 is 1.56 bits per heavy atom. The molecule has 2 fully saturated rings. The van der Waals surface area contributed by atoms with Gasteiger partial charge in [-0.3, -0.25) is 14.6 Å². The highest BCUT2D eigenvalue weighted by Gasteiger charge is 2.51. The van der Waals surface area contributed by atoms with Crippen LogP contribution in [0, 0.1) is 0 Å². The fourth-order valence-electron chi connectivity index (χ4n) is 6.53. The van der Waals surface area contributed by atoms with Crippen LogP contribution in [-0.4, -0.2) is 108 Å². The first-order valence-corrected chi connectivity index (χ1v) is 16.8. The first-order valence-electron chi connectivity index (χ1n) is 16.8. The molecule has 6 rings (SSSR count). The van der Waals surface area contributed by atoms with Crippen LogP contribution in [0.5, 0.6) is 5.75 Å². The quantitative estimate of drug-likeness (QED) is 0.249. The number of carbonyl (C=O) groups is 4. The number of nitrogens with one attached hydrogen (secondary N) is 2. The van der Waals surface area contributed by atoms with E-state index in [2.05, 4.69) is 10.6 Å². The molecular formula is C38H43N7O5. The van der Waals surface area contributed by atoms with Crippen molar-refractivity contribution in [3.8, 4) is 5.75 Å². The maximum atomic E-state index is 14.3. The summed E-state index contributed by atoms with van der Waals surface area (Å²) in [5, 5.41) is 11.0. The number of piperazine rings is 1. The summed E-state index contributed by atoms with van der Waals surface area (Å²) in [6, 6.07) is 29.5. The zero-order chi connectivity index (χ0) is 35.2. The van der Waals surface area contributed by atoms with E-state index in [0.717, 1.165) is 27.5 Å². The van der Waals surface area contributed by atoms with E-state index in [1.165, 1.54) is 5.01 Å². The molecule has 260 valence electrons. The van der Waals surface area contributed by atoms with Gasteiger partial charge in [-0.05, 0) is 53.7 Å². The van der Waals surface area contributed by atoms with Gasteiger partial charge in [0.15, 0.2) is 0 Å². The van der Waals surface area contributed by atoms with Gasteiger partial charge in [0, 0.05) is 39.6 Å². The predicted octanol–water partition coefficient (Wildman–Crippen LogP) is 3.67. The molecule has 0 saturated carbocycles. The Morgan fingerprint density at radius 1 is 0.840 bits per heavy atom. The number of ether oxygens (including phenoxy) is 1. The molecule has 0 unspecified atom stereocenters. The van der Waals surface area contributed by atoms with Crippen LogP contribution in [0.2, 0.25) is 0 Å². The first-order chi connectivity index (χ1) is 24.2. The number of likely N-dealkylation sites (N-methyl/N-ethyl adjacent to an activating group) is 1. The van der Waals surface area contributed by atoms with Crippen molar-refractivity contribution in [3.05, 3.63) is 114 Å². The molecule has 0 aromatic heterocycles. The van der Waals surface area contributed by atoms with Crippen molar-refractivity contribution < 1.29 is 23.9 Å². The van der Waals surface area contributed by atoms with E-state index < -0.39 is 18.3 Å². The number of urea groups is 1. The highest BCUT2D eigenvalue weighted by molar-refractivity contribution is 5.92. The number of hydrogen-bond acceptors (Lipinski definition) is 7. The topological polar surface area (TPSA) is 118 Å². The van der Waals surface area contributed by atoms with Gasteiger partial charge in [0.1, 0.15) is 18.0 Å². The molecule has 4 aromatic rings. The van der Waals surface area contributed by atoms with E-state index in [9.17, 15) is 19.2 Å². The van der Waals surface area contributed by atoms with Gasteiger partial charge in [-0.1, -0.05) is 84.9 Å². The van der Waals surface area contributed by atoms with Gasteiger partial charge < -0.3 is 30.1 Å². The van der Waals surface area contributed by atoms with Gasteiger partial charge in [0.2, 0.25) is 11.8 Å². The number of nitrogens with zero attached hydrogens (tertiary/aromatic N) is 5. The number of fused-ring (bicyclic) bond motifs is 2. The summed E-state index contributed by atoms with van der Waals surface area (Å²) < 4.78 is 5.42. The van der Waals surface area contributed by atoms with Crippen LogP contribution in [0.25, 0.3) is 10.8 Å². The summed E-state index contributed by atoms with van der Waals surface area (Å²) >= 11 is 0. The Labute approximate surface area is 292 Å². The van der Waals surface area contributed by atoms with Crippen LogP contribution in [0.15, 0.2) is 97.1 Å². The van der Waals surface area contributed by atoms with Crippen LogP contribution in [0.4, 0.5) is 9.59 Å². The Morgan fingerprint density at radius 3 is 2.32 bits per heavy atom. The number of hydrogen-bond donors (Lipinski definition) is 2. The number of benzene rings is 4. The maximum absolute atomic E-state index is 14.3. The molecule has 12 heteroatoms. The van der Waals surface area contributed by atoms with E-state index in [4.69, 9.17) is 4.74 Å². The zero-order valence-electron chi connectivity index (χ0n) is 28.6. The second kappa shape index (κ2) is 15.4. The highest BCUT2D eigenvalue weighted by Crippen LogP contribution is 2.31. The van der Waals surface area contributed by atoms with Gasteiger partial charge in [-0.2, -0.15) is 5.01 Å². The number of rotatable bonds is 11. The van der Waals surface area contributed by atoms with Crippen molar-refractivity contribution in [2.45, 2.75) is 31.7 Å². The molecule has 2 aliphatic heterocycles. The lowest BCUT2D eigenvalue weighted by Gasteiger charge is -2.46. The minimum absolute atomic E-state index is 0.0402. The van der Waals surface area contributed by atoms with Crippen molar-refractivity contribution in [1.82, 2.24) is 35.4 Å². The van der Waals surface area contributed by atoms with Crippen molar-refractivity contribution in [3.63, 3.8) is 0 Å². The van der Waals surface area contributed by atoms with E-state index >= 15 is 0 Å². The summed E-state index contributed by atoms with van der Waals surface area (Å²) in [6.07, 6.45) is -0.852. The third kappa shape index (κ3) is 7.88. The molecule has 2 atom stereocenters. The second-order valence-corrected chi connectivity index (χ2v) is 12.9. The minimum Gasteiger partial charge on any atom is -0.410 e. The molecule has 4 aromatic carbocycles. The summed E-state index contributed by atoms with van der Waals surface area (Å²) in [5.41, 5.74) is 2.76. The molecular weight excluding hydrogens is 634 g/mol. The Hall–Kier alpha value is -5.46. The van der Waals surface area contributed by atoms with Crippen molar-refractivity contribution in [1.29, 1.82) is 0 Å². The van der Waals surface area contributed by atoms with Crippen molar-refractivity contribution in [2.75, 3.05) is 47.3 Å². The molecule has 0 bridgehead atoms. The van der Waals surface area contributed by atoms with E-state index in [-0.39, 0.29) is 37.4 Å². The summed E-state index contributed by atoms with van der Waals surface area (Å²) in [5.74, 6) is -0.0236. The second-order valence-electron chi connectivity index (χ2n) is 12.9. The SMILES string of the molecule is CN(C)CCNC(=O)Oc1ccc(C[C@H]2C(=O)N(Cc3cccc4ccccc34)C[C@H]3N2C(=O)CN3N(C)C(=O)NCc2ccccc2)cc1. The standard InChI is InChI=1S/C38H43N7O5/c1-41(2)21-20-39-38(49)50-31-18-16-27(17-19-31)22-33-36(47)43(24-30-14-9-13-29-12-7-8-15-32(29)30)25-34-44(26-35(46)45(33)34)42(3)37(48)40-23-28-10-5-4-6-11-28/h4-19,33-34H,20-26H2,1-3H3,(H,39,49)(H,40,48)/t33-,34+/m0/s1. The van der Waals surface area contributed by atoms with Gasteiger partial charge >= 0.3 is 12.1 Å². The Bertz CT molecular complexity index is 1830. The molecule has 12 nitrogen and oxygen atoms in total.